The molecule has 0 spiro atoms. The van der Waals surface area contributed by atoms with Crippen LogP contribution in [0.5, 0.6) is 0 Å². The van der Waals surface area contributed by atoms with Gasteiger partial charge in [-0.05, 0) is 25.0 Å². The number of nitrogens with one attached hydrogen (secondary N) is 1. The normalized spacial score (nSPS) is 16.8. The lowest BCUT2D eigenvalue weighted by atomic mass is 10.1. The minimum atomic E-state index is -0.861. The van der Waals surface area contributed by atoms with Crippen LogP contribution in [-0.2, 0) is 4.74 Å². The molecule has 0 radical (unpaired) electrons. The Morgan fingerprint density at radius 3 is 2.92 bits per heavy atom. The highest BCUT2D eigenvalue weighted by atomic mass is 19.1. The molecule has 9 heteroatoms. The molecule has 1 saturated heterocycles. The molecule has 2 heterocycles. The molecule has 1 aromatic heterocycles. The number of benzene rings is 1. The van der Waals surface area contributed by atoms with Crippen LogP contribution in [0.4, 0.5) is 14.9 Å². The smallest absolute Gasteiger partial charge is 0.342 e. The Hall–Kier alpha value is -2.97. The maximum Gasteiger partial charge on any atom is 0.342 e. The first-order valence-electron chi connectivity index (χ1n) is 7.76. The van der Waals surface area contributed by atoms with Gasteiger partial charge < -0.3 is 19.5 Å². The van der Waals surface area contributed by atoms with E-state index >= 15 is 0 Å². The lowest BCUT2D eigenvalue weighted by molar-refractivity contribution is 0.0597. The van der Waals surface area contributed by atoms with Crippen molar-refractivity contribution in [3.63, 3.8) is 0 Å². The van der Waals surface area contributed by atoms with Gasteiger partial charge >= 0.3 is 12.0 Å². The summed E-state index contributed by atoms with van der Waals surface area (Å²) in [6.07, 6.45) is 1.47. The van der Waals surface area contributed by atoms with E-state index in [9.17, 15) is 14.0 Å². The monoisotopic (exact) mass is 348 g/mol. The molecule has 1 fully saturated rings. The second-order valence-corrected chi connectivity index (χ2v) is 5.61. The molecule has 8 nitrogen and oxygen atoms in total. The van der Waals surface area contributed by atoms with E-state index < -0.39 is 17.8 Å². The van der Waals surface area contributed by atoms with E-state index in [0.29, 0.717) is 24.7 Å². The first-order chi connectivity index (χ1) is 12.0. The van der Waals surface area contributed by atoms with Crippen LogP contribution in [0, 0.1) is 12.7 Å². The second kappa shape index (κ2) is 6.88. The molecule has 2 aromatic rings. The van der Waals surface area contributed by atoms with E-state index in [1.807, 2.05) is 0 Å². The summed E-state index contributed by atoms with van der Waals surface area (Å²) in [5.74, 6) is -0.783. The number of nitrogens with zero attached hydrogens (tertiary/aromatic N) is 3. The van der Waals surface area contributed by atoms with Gasteiger partial charge in [-0.2, -0.15) is 4.98 Å². The first-order valence-corrected chi connectivity index (χ1v) is 7.76. The number of amides is 2. The molecule has 1 aromatic carbocycles. The maximum atomic E-state index is 14.0. The number of hydrogen-bond acceptors (Lipinski definition) is 6. The maximum absolute atomic E-state index is 14.0. The number of rotatable bonds is 3. The number of hydrogen-bond donors (Lipinski definition) is 1. The van der Waals surface area contributed by atoms with Crippen molar-refractivity contribution in [1.82, 2.24) is 15.0 Å². The Kier molecular flexibility index (Phi) is 4.64. The number of anilines is 1. The molecule has 2 amide bonds. The van der Waals surface area contributed by atoms with Crippen LogP contribution < -0.4 is 5.32 Å². The summed E-state index contributed by atoms with van der Waals surface area (Å²) < 4.78 is 23.5. The molecular formula is C16H17FN4O4. The van der Waals surface area contributed by atoms with Gasteiger partial charge in [0.25, 0.3) is 0 Å². The van der Waals surface area contributed by atoms with Crippen LogP contribution in [0.2, 0.25) is 0 Å². The third kappa shape index (κ3) is 3.30. The summed E-state index contributed by atoms with van der Waals surface area (Å²) in [5, 5.41) is 6.44. The van der Waals surface area contributed by atoms with Crippen molar-refractivity contribution < 1.29 is 23.2 Å². The lowest BCUT2D eigenvalue weighted by Gasteiger charge is -2.23. The predicted molar refractivity (Wildman–Crippen MR) is 84.5 cm³/mol. The van der Waals surface area contributed by atoms with E-state index in [-0.39, 0.29) is 17.3 Å². The molecule has 3 rings (SSSR count). The Bertz CT molecular complexity index is 807. The number of esters is 1. The number of halogens is 1. The van der Waals surface area contributed by atoms with E-state index in [1.165, 1.54) is 17.0 Å². The SMILES string of the molecule is COC(=O)c1c(F)cccc1NC(=O)N1CCCC1c1noc(C)n1. The highest BCUT2D eigenvalue weighted by Gasteiger charge is 2.34. The van der Waals surface area contributed by atoms with Crippen molar-refractivity contribution in [1.29, 1.82) is 0 Å². The largest absolute Gasteiger partial charge is 0.465 e. The molecule has 1 N–H and O–H groups in total. The van der Waals surface area contributed by atoms with E-state index in [1.54, 1.807) is 6.92 Å². The fourth-order valence-corrected chi connectivity index (χ4v) is 2.85. The molecule has 1 aliphatic rings. The van der Waals surface area contributed by atoms with E-state index in [0.717, 1.165) is 19.6 Å². The van der Waals surface area contributed by atoms with Crippen LogP contribution in [0.1, 0.15) is 41.0 Å². The highest BCUT2D eigenvalue weighted by molar-refractivity contribution is 6.01. The van der Waals surface area contributed by atoms with Crippen LogP contribution in [0.15, 0.2) is 22.7 Å². The number of carbonyl (C=O) groups is 2. The average Bonchev–Trinajstić information content (AvgIpc) is 3.23. The van der Waals surface area contributed by atoms with Crippen molar-refractivity contribution in [2.24, 2.45) is 0 Å². The molecule has 132 valence electrons. The lowest BCUT2D eigenvalue weighted by Crippen LogP contribution is -2.35. The van der Waals surface area contributed by atoms with Crippen LogP contribution >= 0.6 is 0 Å². The Morgan fingerprint density at radius 1 is 1.44 bits per heavy atom. The van der Waals surface area contributed by atoms with E-state index in [2.05, 4.69) is 20.2 Å². The number of aryl methyl sites for hydroxylation is 1. The van der Waals surface area contributed by atoms with Gasteiger partial charge in [-0.25, -0.2) is 14.0 Å². The van der Waals surface area contributed by atoms with Crippen molar-refractivity contribution in [2.75, 3.05) is 19.0 Å². The third-order valence-corrected chi connectivity index (χ3v) is 4.00. The summed E-state index contributed by atoms with van der Waals surface area (Å²) in [6.45, 7) is 2.16. The zero-order chi connectivity index (χ0) is 18.0. The Balaban J connectivity index is 1.83. The molecule has 1 aliphatic heterocycles. The van der Waals surface area contributed by atoms with Crippen LogP contribution in [0.3, 0.4) is 0 Å². The standard InChI is InChI=1S/C16H17FN4O4/c1-9-18-14(20-25-9)12-7-4-8-21(12)16(23)19-11-6-3-5-10(17)13(11)15(22)24-2/h3,5-6,12H,4,7-8H2,1-2H3,(H,19,23). The van der Waals surface area contributed by atoms with Gasteiger partial charge in [-0.15, -0.1) is 0 Å². The molecular weight excluding hydrogens is 331 g/mol. The minimum absolute atomic E-state index is 0.0480. The predicted octanol–water partition coefficient (Wildman–Crippen LogP) is 2.67. The van der Waals surface area contributed by atoms with E-state index in [4.69, 9.17) is 4.52 Å². The molecule has 1 unspecified atom stereocenters. The summed E-state index contributed by atoms with van der Waals surface area (Å²) >= 11 is 0. The molecule has 1 atom stereocenters. The third-order valence-electron chi connectivity index (χ3n) is 4.00. The zero-order valence-corrected chi connectivity index (χ0v) is 13.8. The van der Waals surface area contributed by atoms with Gasteiger partial charge in [0.2, 0.25) is 5.89 Å². The van der Waals surface area contributed by atoms with Crippen LogP contribution in [-0.4, -0.2) is 40.7 Å². The number of carbonyl (C=O) groups excluding carboxylic acids is 2. The number of methoxy groups -OCH3 is 1. The first kappa shape index (κ1) is 16.9. The van der Waals surface area contributed by atoms with Crippen molar-refractivity contribution in [3.05, 3.63) is 41.3 Å². The van der Waals surface area contributed by atoms with Crippen LogP contribution in [0.25, 0.3) is 0 Å². The van der Waals surface area contributed by atoms with Gasteiger partial charge in [0, 0.05) is 13.5 Å². The van der Waals surface area contributed by atoms with Crippen molar-refractivity contribution in [3.8, 4) is 0 Å². The van der Waals surface area contributed by atoms with Gasteiger partial charge in [-0.1, -0.05) is 11.2 Å². The molecule has 0 saturated carbocycles. The molecule has 25 heavy (non-hydrogen) atoms. The quantitative estimate of drug-likeness (QED) is 0.857. The number of aromatic nitrogens is 2. The fraction of sp³-hybridized carbons (Fsp3) is 0.375. The highest BCUT2D eigenvalue weighted by Crippen LogP contribution is 2.31. The zero-order valence-electron chi connectivity index (χ0n) is 13.8. The van der Waals surface area contributed by atoms with Gasteiger partial charge in [0.1, 0.15) is 11.4 Å². The molecule has 0 bridgehead atoms. The second-order valence-electron chi connectivity index (χ2n) is 5.61. The summed E-state index contributed by atoms with van der Waals surface area (Å²) in [5.41, 5.74) is -0.267. The van der Waals surface area contributed by atoms with Gasteiger partial charge in [-0.3, -0.25) is 0 Å². The van der Waals surface area contributed by atoms with Gasteiger partial charge in [0.05, 0.1) is 18.8 Å². The molecule has 0 aliphatic carbocycles. The van der Waals surface area contributed by atoms with Crippen molar-refractivity contribution >= 4 is 17.7 Å². The Morgan fingerprint density at radius 2 is 2.24 bits per heavy atom. The summed E-state index contributed by atoms with van der Waals surface area (Å²) in [4.78, 5) is 30.1. The summed E-state index contributed by atoms with van der Waals surface area (Å²) in [7, 11) is 1.15. The van der Waals surface area contributed by atoms with Gasteiger partial charge in [0.15, 0.2) is 5.82 Å². The number of urea groups is 1. The number of likely N-dealkylation sites (tertiary alicyclic amines) is 1. The number of ether oxygens (including phenoxy) is 1. The Labute approximate surface area is 142 Å². The average molecular weight is 348 g/mol. The summed E-state index contributed by atoms with van der Waals surface area (Å²) in [6, 6.07) is 3.18. The topological polar surface area (TPSA) is 97.6 Å². The van der Waals surface area contributed by atoms with Crippen molar-refractivity contribution in [2.45, 2.75) is 25.8 Å². The fourth-order valence-electron chi connectivity index (χ4n) is 2.85. The minimum Gasteiger partial charge on any atom is -0.465 e.